The van der Waals surface area contributed by atoms with Gasteiger partial charge in [0.25, 0.3) is 0 Å². The van der Waals surface area contributed by atoms with E-state index in [1.54, 1.807) is 0 Å². The van der Waals surface area contributed by atoms with Crippen molar-refractivity contribution in [2.24, 2.45) is 0 Å². The normalized spacial score (nSPS) is 12.2. The van der Waals surface area contributed by atoms with Crippen LogP contribution in [0.3, 0.4) is 0 Å². The predicted molar refractivity (Wildman–Crippen MR) is 159 cm³/mol. The molecule has 37 heavy (non-hydrogen) atoms. The average molecular weight is 545 g/mol. The van der Waals surface area contributed by atoms with Crippen LogP contribution in [0.25, 0.3) is 16.9 Å². The molecule has 0 fully saturated rings. The first-order chi connectivity index (χ1) is 17.5. The molecule has 0 spiro atoms. The van der Waals surface area contributed by atoms with Gasteiger partial charge < -0.3 is 19.4 Å². The maximum Gasteiger partial charge on any atom is 2.00 e. The topological polar surface area (TPSA) is 25.3 Å². The Labute approximate surface area is 239 Å². The minimum atomic E-state index is 0. The first kappa shape index (κ1) is 35.0. The molecule has 2 nitrogen and oxygen atoms in total. The van der Waals surface area contributed by atoms with Gasteiger partial charge in [-0.3, -0.25) is 0 Å². The standard InChI is InChI=1S/C26H32N2.2C4H9.Ni/c1-4-6-8-12-24-19-25(22-16-14-20(3)15-17-22)28(27)26(24)23-13-9-11-21(18-23)10-7-5-2;2*1-3-4-2;/h9,11,13-19H,4-8,10,12H2,1-3H3;2*1,3-4H2,2H3;/q;2*-1;+2. The van der Waals surface area contributed by atoms with Gasteiger partial charge in [0.2, 0.25) is 11.4 Å². The summed E-state index contributed by atoms with van der Waals surface area (Å²) < 4.78 is 1.41. The summed E-state index contributed by atoms with van der Waals surface area (Å²) in [6.07, 6.45) is 14.8. The minimum absolute atomic E-state index is 0. The van der Waals surface area contributed by atoms with Crippen molar-refractivity contribution in [3.63, 3.8) is 0 Å². The van der Waals surface area contributed by atoms with E-state index in [0.29, 0.717) is 0 Å². The minimum Gasteiger partial charge on any atom is -0.493 e. The summed E-state index contributed by atoms with van der Waals surface area (Å²) in [6, 6.07) is 17.1. The van der Waals surface area contributed by atoms with Crippen LogP contribution in [-0.4, -0.2) is 4.70 Å². The molecule has 2 aromatic rings. The van der Waals surface area contributed by atoms with Crippen LogP contribution in [0.5, 0.6) is 0 Å². The van der Waals surface area contributed by atoms with Crippen LogP contribution in [0.1, 0.15) is 114 Å². The van der Waals surface area contributed by atoms with Crippen molar-refractivity contribution in [2.75, 3.05) is 0 Å². The Morgan fingerprint density at radius 1 is 0.730 bits per heavy atom. The summed E-state index contributed by atoms with van der Waals surface area (Å²) in [5, 5.41) is 0. The quantitative estimate of drug-likeness (QED) is 0.116. The van der Waals surface area contributed by atoms with Gasteiger partial charge in [-0.05, 0) is 62.4 Å². The van der Waals surface area contributed by atoms with Gasteiger partial charge >= 0.3 is 16.5 Å². The van der Waals surface area contributed by atoms with E-state index in [2.05, 4.69) is 103 Å². The van der Waals surface area contributed by atoms with E-state index in [-0.39, 0.29) is 16.5 Å². The zero-order chi connectivity index (χ0) is 26.8. The van der Waals surface area contributed by atoms with E-state index in [9.17, 15) is 5.53 Å². The second-order valence-electron chi connectivity index (χ2n) is 9.55. The molecule has 2 aromatic carbocycles. The van der Waals surface area contributed by atoms with Crippen LogP contribution in [0.4, 0.5) is 0 Å². The zero-order valence-electron chi connectivity index (χ0n) is 24.1. The molecule has 0 saturated heterocycles. The molecule has 0 radical (unpaired) electrons. The summed E-state index contributed by atoms with van der Waals surface area (Å²) in [7, 11) is 0. The van der Waals surface area contributed by atoms with Crippen molar-refractivity contribution < 1.29 is 21.2 Å². The van der Waals surface area contributed by atoms with Crippen LogP contribution < -0.4 is 0 Å². The summed E-state index contributed by atoms with van der Waals surface area (Å²) >= 11 is 0. The fraction of sp³-hybridized carbons (Fsp3) is 0.471. The molecule has 0 bridgehead atoms. The van der Waals surface area contributed by atoms with Crippen molar-refractivity contribution in [1.82, 2.24) is 0 Å². The van der Waals surface area contributed by atoms with Crippen LogP contribution in [0, 0.1) is 20.8 Å². The van der Waals surface area contributed by atoms with Gasteiger partial charge in [-0.15, -0.1) is 0 Å². The number of allylic oxidation sites excluding steroid dienone is 2. The van der Waals surface area contributed by atoms with Gasteiger partial charge in [0.05, 0.1) is 0 Å². The van der Waals surface area contributed by atoms with E-state index < -0.39 is 0 Å². The zero-order valence-corrected chi connectivity index (χ0v) is 25.1. The molecule has 0 unspecified atom stereocenters. The number of rotatable bonds is 11. The average Bonchev–Trinajstić information content (AvgIpc) is 3.24. The first-order valence-corrected chi connectivity index (χ1v) is 14.2. The molecule has 0 aromatic heterocycles. The third kappa shape index (κ3) is 12.4. The van der Waals surface area contributed by atoms with Crippen molar-refractivity contribution >= 4 is 11.4 Å². The van der Waals surface area contributed by atoms with E-state index in [0.717, 1.165) is 54.6 Å². The van der Waals surface area contributed by atoms with Gasteiger partial charge in [-0.2, -0.15) is 12.8 Å². The smallest absolute Gasteiger partial charge is 0.493 e. The summed E-state index contributed by atoms with van der Waals surface area (Å²) in [6.45, 7) is 18.0. The third-order valence-electron chi connectivity index (χ3n) is 6.18. The van der Waals surface area contributed by atoms with Crippen molar-refractivity contribution in [3.8, 4) is 0 Å². The third-order valence-corrected chi connectivity index (χ3v) is 6.18. The fourth-order valence-electron chi connectivity index (χ4n) is 3.80. The molecule has 0 N–H and O–H groups in total. The van der Waals surface area contributed by atoms with Crippen molar-refractivity contribution in [3.05, 3.63) is 102 Å². The number of unbranched alkanes of at least 4 members (excludes halogenated alkanes) is 5. The van der Waals surface area contributed by atoms with E-state index in [4.69, 9.17) is 0 Å². The Hall–Kier alpha value is -1.99. The second kappa shape index (κ2) is 21.0. The van der Waals surface area contributed by atoms with E-state index in [1.165, 1.54) is 59.9 Å². The molecule has 0 amide bonds. The number of hydrogen-bond donors (Lipinski definition) is 0. The molecule has 1 aliphatic rings. The predicted octanol–water partition coefficient (Wildman–Crippen LogP) is 11.0. The second-order valence-corrected chi connectivity index (χ2v) is 9.55. The van der Waals surface area contributed by atoms with Crippen molar-refractivity contribution in [2.45, 2.75) is 105 Å². The Kier molecular flexibility index (Phi) is 19.9. The summed E-state index contributed by atoms with van der Waals surface area (Å²) in [4.78, 5) is 0. The number of hydrogen-bond acceptors (Lipinski definition) is 0. The Bertz CT molecular complexity index is 946. The number of aryl methyl sites for hydroxylation is 2. The first-order valence-electron chi connectivity index (χ1n) is 14.2. The molecule has 3 heteroatoms. The van der Waals surface area contributed by atoms with Crippen molar-refractivity contribution in [1.29, 1.82) is 0 Å². The van der Waals surface area contributed by atoms with Crippen LogP contribution >= 0.6 is 0 Å². The number of nitrogens with zero attached hydrogens (tertiary/aromatic N) is 2. The summed E-state index contributed by atoms with van der Waals surface area (Å²) in [5.74, 6) is 0. The molecular formula is C34H50N2Ni. The maximum absolute atomic E-state index is 11.1. The van der Waals surface area contributed by atoms with Gasteiger partial charge in [0.1, 0.15) is 0 Å². The molecule has 3 rings (SSSR count). The largest absolute Gasteiger partial charge is 2.00 e. The maximum atomic E-state index is 11.1. The Balaban J connectivity index is 0.00000127. The van der Waals surface area contributed by atoms with E-state index >= 15 is 0 Å². The molecule has 0 atom stereocenters. The molecule has 0 saturated carbocycles. The summed E-state index contributed by atoms with van der Waals surface area (Å²) in [5.41, 5.74) is 18.9. The van der Waals surface area contributed by atoms with Crippen LogP contribution in [0.2, 0.25) is 0 Å². The van der Waals surface area contributed by atoms with Gasteiger partial charge in [0, 0.05) is 22.8 Å². The SMILES string of the molecule is CCCCCC1=C(c2cccc(CCCC)c2)[N+](=[N-])C(c2ccc(C)cc2)=C1.[CH2-]CCC.[CH2-]CCC.[Ni+2]. The number of benzene rings is 2. The van der Waals surface area contributed by atoms with Gasteiger partial charge in [-0.25, -0.2) is 4.70 Å². The molecule has 206 valence electrons. The molecule has 1 aliphatic heterocycles. The van der Waals surface area contributed by atoms with Crippen LogP contribution in [-0.2, 0) is 22.9 Å². The van der Waals surface area contributed by atoms with E-state index in [1.807, 2.05) is 0 Å². The Morgan fingerprint density at radius 2 is 1.32 bits per heavy atom. The molecule has 0 aliphatic carbocycles. The van der Waals surface area contributed by atoms with Gasteiger partial charge in [-0.1, -0.05) is 89.6 Å². The Morgan fingerprint density at radius 3 is 1.86 bits per heavy atom. The molecule has 1 heterocycles. The fourth-order valence-corrected chi connectivity index (χ4v) is 3.80. The molecular weight excluding hydrogens is 495 g/mol. The monoisotopic (exact) mass is 544 g/mol. The van der Waals surface area contributed by atoms with Gasteiger partial charge in [0.15, 0.2) is 0 Å². The van der Waals surface area contributed by atoms with Crippen LogP contribution in [0.15, 0.2) is 60.2 Å².